The third-order valence-corrected chi connectivity index (χ3v) is 4.12. The van der Waals surface area contributed by atoms with E-state index in [9.17, 15) is 29.8 Å². The highest BCUT2D eigenvalue weighted by Crippen LogP contribution is 2.22. The fourth-order valence-electron chi connectivity index (χ4n) is 2.57. The molecule has 0 aromatic carbocycles. The molecule has 154 valence electrons. The molecular weight excluding hydrogens is 378 g/mol. The molecule has 0 unspecified atom stereocenters. The summed E-state index contributed by atoms with van der Waals surface area (Å²) in [6.07, 6.45) is -5.41. The van der Waals surface area contributed by atoms with Gasteiger partial charge < -0.3 is 29.9 Å². The lowest BCUT2D eigenvalue weighted by Gasteiger charge is -2.38. The molecule has 2 rings (SSSR count). The number of aliphatic hydroxyl groups is 3. The number of ketones is 1. The van der Waals surface area contributed by atoms with Crippen LogP contribution in [0.1, 0.15) is 23.2 Å². The average molecular weight is 399 g/mol. The average Bonchev–Trinajstić information content (AvgIpc) is 2.70. The quantitative estimate of drug-likeness (QED) is 0.162. The van der Waals surface area contributed by atoms with E-state index in [1.165, 1.54) is 6.20 Å². The summed E-state index contributed by atoms with van der Waals surface area (Å²) in [5.41, 5.74) is 0.440. The van der Waals surface area contributed by atoms with Crippen LogP contribution in [0.3, 0.4) is 0 Å². The van der Waals surface area contributed by atoms with Gasteiger partial charge in [0.25, 0.3) is 0 Å². The summed E-state index contributed by atoms with van der Waals surface area (Å²) in [7, 11) is 0. The van der Waals surface area contributed by atoms with E-state index >= 15 is 0 Å². The van der Waals surface area contributed by atoms with Crippen LogP contribution in [-0.4, -0.2) is 86.2 Å². The standard InChI is InChI=1S/C16H21N3O9/c20-10(9-3-1-5-17-7-9)4-2-6-19(18-26)8-27-16-13(23)11(21)12(22)14(28-16)15(24)25/h1,3,5,7,11-14,16,21-23H,2,4,6,8H2,(H,24,25)/t11-,12-,13+,14-,16+/m1/s1. The SMILES string of the molecule is O=NN(CCCC(=O)c1cccnc1)CO[C@H]1O[C@@H](C(=O)O)[C@H](O)[C@@H](O)[C@@H]1O. The van der Waals surface area contributed by atoms with E-state index in [1.54, 1.807) is 18.3 Å². The molecule has 0 saturated carbocycles. The van der Waals surface area contributed by atoms with E-state index in [0.29, 0.717) is 5.56 Å². The van der Waals surface area contributed by atoms with Gasteiger partial charge in [-0.2, -0.15) is 0 Å². The normalized spacial score (nSPS) is 27.2. The van der Waals surface area contributed by atoms with Crippen molar-refractivity contribution in [2.75, 3.05) is 13.3 Å². The number of nitrogens with zero attached hydrogens (tertiary/aromatic N) is 3. The van der Waals surface area contributed by atoms with Gasteiger partial charge in [-0.3, -0.25) is 9.78 Å². The summed E-state index contributed by atoms with van der Waals surface area (Å²) >= 11 is 0. The minimum absolute atomic E-state index is 0.0475. The topological polar surface area (TPSA) is 179 Å². The van der Waals surface area contributed by atoms with Crippen molar-refractivity contribution in [3.63, 3.8) is 0 Å². The van der Waals surface area contributed by atoms with E-state index in [4.69, 9.17) is 14.6 Å². The predicted octanol–water partition coefficient (Wildman–Crippen LogP) is -1.11. The van der Waals surface area contributed by atoms with Gasteiger partial charge in [0, 0.05) is 30.9 Å². The van der Waals surface area contributed by atoms with Crippen LogP contribution in [0.4, 0.5) is 0 Å². The number of aliphatic hydroxyl groups excluding tert-OH is 3. The molecule has 0 bridgehead atoms. The van der Waals surface area contributed by atoms with E-state index in [-0.39, 0.29) is 25.2 Å². The number of carboxylic acids is 1. The molecule has 1 aliphatic heterocycles. The summed E-state index contributed by atoms with van der Waals surface area (Å²) < 4.78 is 10.0. The molecule has 12 nitrogen and oxygen atoms in total. The molecule has 0 radical (unpaired) electrons. The largest absolute Gasteiger partial charge is 0.479 e. The minimum Gasteiger partial charge on any atom is -0.479 e. The molecule has 0 amide bonds. The molecule has 2 heterocycles. The minimum atomic E-state index is -1.84. The van der Waals surface area contributed by atoms with Crippen molar-refractivity contribution in [2.24, 2.45) is 5.29 Å². The third-order valence-electron chi connectivity index (χ3n) is 4.12. The first kappa shape index (κ1) is 21.8. The summed E-state index contributed by atoms with van der Waals surface area (Å²) in [5, 5.41) is 41.7. The Bertz CT molecular complexity index is 675. The summed E-state index contributed by atoms with van der Waals surface area (Å²) in [6, 6.07) is 3.25. The molecule has 1 aromatic heterocycles. The van der Waals surface area contributed by atoms with Gasteiger partial charge in [-0.25, -0.2) is 9.80 Å². The highest BCUT2D eigenvalue weighted by atomic mass is 16.7. The number of hydrogen-bond donors (Lipinski definition) is 4. The summed E-state index contributed by atoms with van der Waals surface area (Å²) in [6.45, 7) is -0.437. The molecular formula is C16H21N3O9. The van der Waals surface area contributed by atoms with Gasteiger partial charge >= 0.3 is 5.97 Å². The van der Waals surface area contributed by atoms with Gasteiger partial charge in [0.2, 0.25) is 0 Å². The first-order chi connectivity index (χ1) is 13.3. The van der Waals surface area contributed by atoms with Crippen LogP contribution in [0.25, 0.3) is 0 Å². The fraction of sp³-hybridized carbons (Fsp3) is 0.562. The summed E-state index contributed by atoms with van der Waals surface area (Å²) in [4.78, 5) is 37.8. The highest BCUT2D eigenvalue weighted by Gasteiger charge is 2.47. The Hall–Kier alpha value is -2.51. The molecule has 1 fully saturated rings. The number of carboxylic acid groups (broad SMARTS) is 1. The van der Waals surface area contributed by atoms with Crippen LogP contribution in [0.5, 0.6) is 0 Å². The first-order valence-electron chi connectivity index (χ1n) is 8.40. The molecule has 1 aromatic rings. The van der Waals surface area contributed by atoms with E-state index in [0.717, 1.165) is 5.01 Å². The number of Topliss-reactive ketones (excluding diaryl/α,β-unsaturated/α-hetero) is 1. The Labute approximate surface area is 159 Å². The molecule has 0 spiro atoms. The van der Waals surface area contributed by atoms with Crippen molar-refractivity contribution in [1.29, 1.82) is 0 Å². The van der Waals surface area contributed by atoms with E-state index < -0.39 is 43.4 Å². The number of rotatable bonds is 10. The monoisotopic (exact) mass is 399 g/mol. The Morgan fingerprint density at radius 2 is 2.00 bits per heavy atom. The number of carbonyl (C=O) groups is 2. The zero-order valence-electron chi connectivity index (χ0n) is 14.7. The van der Waals surface area contributed by atoms with Crippen LogP contribution >= 0.6 is 0 Å². The lowest BCUT2D eigenvalue weighted by atomic mass is 9.99. The van der Waals surface area contributed by atoms with Crippen molar-refractivity contribution in [3.8, 4) is 0 Å². The second kappa shape index (κ2) is 10.1. The van der Waals surface area contributed by atoms with Gasteiger partial charge in [0.05, 0.1) is 5.29 Å². The number of nitroso groups, excluding NO2 is 1. The maximum atomic E-state index is 12.0. The van der Waals surface area contributed by atoms with Gasteiger partial charge in [-0.1, -0.05) is 0 Å². The Morgan fingerprint density at radius 3 is 2.61 bits per heavy atom. The second-order valence-corrected chi connectivity index (χ2v) is 6.11. The lowest BCUT2D eigenvalue weighted by Crippen LogP contribution is -2.60. The molecule has 28 heavy (non-hydrogen) atoms. The van der Waals surface area contributed by atoms with Gasteiger partial charge in [-0.15, -0.1) is 4.91 Å². The molecule has 12 heteroatoms. The predicted molar refractivity (Wildman–Crippen MR) is 90.6 cm³/mol. The molecule has 5 atom stereocenters. The van der Waals surface area contributed by atoms with Crippen molar-refractivity contribution in [1.82, 2.24) is 9.99 Å². The maximum Gasteiger partial charge on any atom is 0.335 e. The van der Waals surface area contributed by atoms with Gasteiger partial charge in [0.1, 0.15) is 25.0 Å². The van der Waals surface area contributed by atoms with Crippen molar-refractivity contribution >= 4 is 11.8 Å². The molecule has 4 N–H and O–H groups in total. The first-order valence-corrected chi connectivity index (χ1v) is 8.40. The molecule has 1 saturated heterocycles. The number of aliphatic carboxylic acids is 1. The Balaban J connectivity index is 1.81. The van der Waals surface area contributed by atoms with E-state index in [1.807, 2.05) is 0 Å². The van der Waals surface area contributed by atoms with Crippen LogP contribution < -0.4 is 0 Å². The van der Waals surface area contributed by atoms with Crippen molar-refractivity contribution in [3.05, 3.63) is 35.0 Å². The maximum absolute atomic E-state index is 12.0. The second-order valence-electron chi connectivity index (χ2n) is 6.11. The van der Waals surface area contributed by atoms with Crippen molar-refractivity contribution in [2.45, 2.75) is 43.5 Å². The van der Waals surface area contributed by atoms with Crippen LogP contribution in [-0.2, 0) is 14.3 Å². The lowest BCUT2D eigenvalue weighted by molar-refractivity contribution is -0.301. The summed E-state index contributed by atoms with van der Waals surface area (Å²) in [5.74, 6) is -1.71. The third kappa shape index (κ3) is 5.50. The molecule has 1 aliphatic rings. The zero-order valence-corrected chi connectivity index (χ0v) is 14.7. The Morgan fingerprint density at radius 1 is 1.25 bits per heavy atom. The van der Waals surface area contributed by atoms with Gasteiger partial charge in [-0.05, 0) is 18.6 Å². The number of carbonyl (C=O) groups excluding carboxylic acids is 1. The van der Waals surface area contributed by atoms with Crippen LogP contribution in [0.2, 0.25) is 0 Å². The highest BCUT2D eigenvalue weighted by molar-refractivity contribution is 5.95. The van der Waals surface area contributed by atoms with Gasteiger partial charge in [0.15, 0.2) is 18.2 Å². The fourth-order valence-corrected chi connectivity index (χ4v) is 2.57. The Kier molecular flexibility index (Phi) is 7.90. The number of ether oxygens (including phenoxy) is 2. The number of aromatic nitrogens is 1. The van der Waals surface area contributed by atoms with Crippen LogP contribution in [0.15, 0.2) is 29.8 Å². The smallest absolute Gasteiger partial charge is 0.335 e. The molecule has 0 aliphatic carbocycles. The number of pyridine rings is 1. The zero-order chi connectivity index (χ0) is 20.7. The van der Waals surface area contributed by atoms with E-state index in [2.05, 4.69) is 10.3 Å². The number of hydrogen-bond acceptors (Lipinski definition) is 10. The van der Waals surface area contributed by atoms with Crippen molar-refractivity contribution < 1.29 is 39.5 Å². The van der Waals surface area contributed by atoms with Crippen LogP contribution in [0, 0.1) is 4.91 Å².